The van der Waals surface area contributed by atoms with E-state index >= 15 is 0 Å². The van der Waals surface area contributed by atoms with E-state index in [0.717, 1.165) is 30.5 Å². The smallest absolute Gasteiger partial charge is 0.0469 e. The molecule has 0 saturated carbocycles. The van der Waals surface area contributed by atoms with Gasteiger partial charge in [0.2, 0.25) is 0 Å². The number of hydrogen-bond acceptors (Lipinski definition) is 2. The number of aliphatic hydroxyl groups excluding tert-OH is 1. The highest BCUT2D eigenvalue weighted by Crippen LogP contribution is 2.20. The molecule has 0 fully saturated rings. The molecule has 0 radical (unpaired) electrons. The second-order valence-electron chi connectivity index (χ2n) is 3.83. The average molecular weight is 287 g/mol. The van der Waals surface area contributed by atoms with Crippen molar-refractivity contribution in [3.8, 4) is 0 Å². The minimum atomic E-state index is 0.217. The Labute approximate surface area is 106 Å². The van der Waals surface area contributed by atoms with Gasteiger partial charge in [-0.15, -0.1) is 0 Å². The molecule has 0 aliphatic rings. The second-order valence-corrected chi connectivity index (χ2v) is 4.68. The highest BCUT2D eigenvalue weighted by molar-refractivity contribution is 9.10. The number of halogens is 1. The van der Waals surface area contributed by atoms with Crippen molar-refractivity contribution in [2.75, 3.05) is 19.8 Å². The van der Waals surface area contributed by atoms with Crippen LogP contribution in [0.5, 0.6) is 0 Å². The van der Waals surface area contributed by atoms with Crippen molar-refractivity contribution in [1.82, 2.24) is 0 Å². The molecule has 0 amide bonds. The molecule has 1 aromatic carbocycles. The molecule has 3 heteroatoms. The molecule has 1 rings (SSSR count). The molecule has 1 aromatic rings. The van der Waals surface area contributed by atoms with Crippen LogP contribution in [0.25, 0.3) is 0 Å². The van der Waals surface area contributed by atoms with Gasteiger partial charge in [-0.25, -0.2) is 0 Å². The fraction of sp³-hybridized carbons (Fsp3) is 0.538. The Morgan fingerprint density at radius 1 is 1.38 bits per heavy atom. The third-order valence-corrected chi connectivity index (χ3v) is 3.37. The van der Waals surface area contributed by atoms with Crippen molar-refractivity contribution < 1.29 is 9.84 Å². The lowest BCUT2D eigenvalue weighted by Gasteiger charge is -2.14. The van der Waals surface area contributed by atoms with Crippen LogP contribution in [0.3, 0.4) is 0 Å². The molecule has 0 aliphatic heterocycles. The van der Waals surface area contributed by atoms with Gasteiger partial charge in [-0.1, -0.05) is 34.1 Å². The van der Waals surface area contributed by atoms with Crippen LogP contribution in [0.1, 0.15) is 18.9 Å². The standard InChI is InChI=1S/C13H19BrO2/c1-2-16-8-7-11(10-15)9-12-5-3-4-6-13(12)14/h3-6,11,15H,2,7-10H2,1H3. The van der Waals surface area contributed by atoms with Crippen LogP contribution < -0.4 is 0 Å². The predicted octanol–water partition coefficient (Wildman–Crippen LogP) is 3.03. The van der Waals surface area contributed by atoms with E-state index in [1.54, 1.807) is 0 Å². The summed E-state index contributed by atoms with van der Waals surface area (Å²) in [6.07, 6.45) is 1.80. The van der Waals surface area contributed by atoms with Crippen molar-refractivity contribution in [2.24, 2.45) is 5.92 Å². The van der Waals surface area contributed by atoms with Crippen molar-refractivity contribution in [1.29, 1.82) is 0 Å². The van der Waals surface area contributed by atoms with Gasteiger partial charge in [0.15, 0.2) is 0 Å². The summed E-state index contributed by atoms with van der Waals surface area (Å²) in [5.74, 6) is 0.283. The van der Waals surface area contributed by atoms with E-state index in [4.69, 9.17) is 4.74 Å². The topological polar surface area (TPSA) is 29.5 Å². The molecule has 1 atom stereocenters. The SMILES string of the molecule is CCOCCC(CO)Cc1ccccc1Br. The summed E-state index contributed by atoms with van der Waals surface area (Å²) >= 11 is 3.52. The van der Waals surface area contributed by atoms with Crippen LogP contribution in [0.15, 0.2) is 28.7 Å². The zero-order valence-electron chi connectivity index (χ0n) is 9.66. The third-order valence-electron chi connectivity index (χ3n) is 2.60. The first-order valence-corrected chi connectivity index (χ1v) is 6.49. The first kappa shape index (κ1) is 13.7. The number of ether oxygens (including phenoxy) is 1. The maximum Gasteiger partial charge on any atom is 0.0469 e. The number of rotatable bonds is 7. The first-order chi connectivity index (χ1) is 7.77. The Hall–Kier alpha value is -0.380. The van der Waals surface area contributed by atoms with Crippen molar-refractivity contribution >= 4 is 15.9 Å². The molecule has 0 saturated heterocycles. The summed E-state index contributed by atoms with van der Waals surface area (Å²) in [5, 5.41) is 9.31. The minimum Gasteiger partial charge on any atom is -0.396 e. The molecule has 2 nitrogen and oxygen atoms in total. The molecule has 16 heavy (non-hydrogen) atoms. The lowest BCUT2D eigenvalue weighted by Crippen LogP contribution is -2.13. The van der Waals surface area contributed by atoms with Gasteiger partial charge in [0.05, 0.1) is 0 Å². The zero-order chi connectivity index (χ0) is 11.8. The second kappa shape index (κ2) is 7.82. The molecule has 0 aromatic heterocycles. The molecule has 1 unspecified atom stereocenters. The van der Waals surface area contributed by atoms with Crippen LogP contribution in [-0.2, 0) is 11.2 Å². The number of hydrogen-bond donors (Lipinski definition) is 1. The monoisotopic (exact) mass is 286 g/mol. The third kappa shape index (κ3) is 4.64. The quantitative estimate of drug-likeness (QED) is 0.781. The highest BCUT2D eigenvalue weighted by Gasteiger charge is 2.10. The summed E-state index contributed by atoms with van der Waals surface area (Å²) in [6, 6.07) is 8.15. The summed E-state index contributed by atoms with van der Waals surface area (Å²) in [5.41, 5.74) is 1.25. The van der Waals surface area contributed by atoms with E-state index in [9.17, 15) is 5.11 Å². The van der Waals surface area contributed by atoms with Crippen molar-refractivity contribution in [3.63, 3.8) is 0 Å². The lowest BCUT2D eigenvalue weighted by atomic mass is 9.97. The Morgan fingerprint density at radius 2 is 2.12 bits per heavy atom. The van der Waals surface area contributed by atoms with Crippen LogP contribution in [0, 0.1) is 5.92 Å². The molecule has 0 aliphatic carbocycles. The summed E-state index contributed by atoms with van der Waals surface area (Å²) < 4.78 is 6.43. The first-order valence-electron chi connectivity index (χ1n) is 5.70. The average Bonchev–Trinajstić information content (AvgIpc) is 2.30. The van der Waals surface area contributed by atoms with Crippen molar-refractivity contribution in [2.45, 2.75) is 19.8 Å². The van der Waals surface area contributed by atoms with Gasteiger partial charge in [-0.05, 0) is 37.3 Å². The van der Waals surface area contributed by atoms with Gasteiger partial charge in [0, 0.05) is 24.3 Å². The van der Waals surface area contributed by atoms with Gasteiger partial charge in [-0.2, -0.15) is 0 Å². The molecule has 90 valence electrons. The van der Waals surface area contributed by atoms with Gasteiger partial charge in [-0.3, -0.25) is 0 Å². The lowest BCUT2D eigenvalue weighted by molar-refractivity contribution is 0.115. The van der Waals surface area contributed by atoms with E-state index in [2.05, 4.69) is 22.0 Å². The predicted molar refractivity (Wildman–Crippen MR) is 69.5 cm³/mol. The van der Waals surface area contributed by atoms with Crippen LogP contribution in [0.2, 0.25) is 0 Å². The minimum absolute atomic E-state index is 0.217. The Morgan fingerprint density at radius 3 is 2.75 bits per heavy atom. The molecular formula is C13H19BrO2. The largest absolute Gasteiger partial charge is 0.396 e. The number of benzene rings is 1. The van der Waals surface area contributed by atoms with Crippen LogP contribution in [0.4, 0.5) is 0 Å². The molecule has 0 heterocycles. The van der Waals surface area contributed by atoms with Crippen LogP contribution in [-0.4, -0.2) is 24.9 Å². The van der Waals surface area contributed by atoms with Gasteiger partial charge >= 0.3 is 0 Å². The Balaban J connectivity index is 2.46. The zero-order valence-corrected chi connectivity index (χ0v) is 11.2. The summed E-state index contributed by atoms with van der Waals surface area (Å²) in [4.78, 5) is 0. The normalized spacial score (nSPS) is 12.7. The number of aliphatic hydroxyl groups is 1. The van der Waals surface area contributed by atoms with Gasteiger partial charge < -0.3 is 9.84 Å². The molecule has 0 spiro atoms. The van der Waals surface area contributed by atoms with E-state index in [0.29, 0.717) is 0 Å². The van der Waals surface area contributed by atoms with E-state index in [1.165, 1.54) is 5.56 Å². The fourth-order valence-electron chi connectivity index (χ4n) is 1.63. The Bertz CT molecular complexity index is 302. The van der Waals surface area contributed by atoms with Crippen molar-refractivity contribution in [3.05, 3.63) is 34.3 Å². The maximum absolute atomic E-state index is 9.31. The molecule has 1 N–H and O–H groups in total. The van der Waals surface area contributed by atoms with E-state index in [1.807, 2.05) is 25.1 Å². The van der Waals surface area contributed by atoms with Gasteiger partial charge in [0.25, 0.3) is 0 Å². The fourth-order valence-corrected chi connectivity index (χ4v) is 2.07. The maximum atomic E-state index is 9.31. The summed E-state index contributed by atoms with van der Waals surface area (Å²) in [6.45, 7) is 3.68. The molecule has 0 bridgehead atoms. The van der Waals surface area contributed by atoms with Crippen LogP contribution >= 0.6 is 15.9 Å². The Kier molecular flexibility index (Phi) is 6.69. The molecular weight excluding hydrogens is 268 g/mol. The van der Waals surface area contributed by atoms with E-state index in [-0.39, 0.29) is 12.5 Å². The summed E-state index contributed by atoms with van der Waals surface area (Å²) in [7, 11) is 0. The highest BCUT2D eigenvalue weighted by atomic mass is 79.9. The van der Waals surface area contributed by atoms with Gasteiger partial charge in [0.1, 0.15) is 0 Å². The van der Waals surface area contributed by atoms with E-state index < -0.39 is 0 Å².